The van der Waals surface area contributed by atoms with Crippen molar-refractivity contribution in [1.29, 1.82) is 0 Å². The number of benzene rings is 1. The Bertz CT molecular complexity index is 413. The number of nitrogens with two attached hydrogens (primary N) is 1. The van der Waals surface area contributed by atoms with Crippen LogP contribution in [0.4, 0.5) is 0 Å². The molecule has 0 radical (unpaired) electrons. The number of nitrogens with zero attached hydrogens (tertiary/aromatic N) is 1. The third-order valence-electron chi connectivity index (χ3n) is 3.06. The highest BCUT2D eigenvalue weighted by Crippen LogP contribution is 2.14. The lowest BCUT2D eigenvalue weighted by atomic mass is 10.2. The molecule has 0 aliphatic heterocycles. The molecule has 0 aromatic heterocycles. The molecule has 3 N–H and O–H groups in total. The van der Waals surface area contributed by atoms with Gasteiger partial charge in [-0.1, -0.05) is 38.3 Å². The summed E-state index contributed by atoms with van der Waals surface area (Å²) in [4.78, 5) is 4.35. The molecule has 4 heteroatoms. The lowest BCUT2D eigenvalue weighted by molar-refractivity contribution is 0.242. The van der Waals surface area contributed by atoms with Crippen molar-refractivity contribution >= 4 is 5.96 Å². The first kappa shape index (κ1) is 17.3. The van der Waals surface area contributed by atoms with Crippen molar-refractivity contribution in [2.24, 2.45) is 10.7 Å². The average Bonchev–Trinajstić information content (AvgIpc) is 2.46. The van der Waals surface area contributed by atoms with Gasteiger partial charge in [-0.3, -0.25) is 0 Å². The summed E-state index contributed by atoms with van der Waals surface area (Å²) in [7, 11) is 0. The molecule has 1 rings (SSSR count). The van der Waals surface area contributed by atoms with E-state index in [1.54, 1.807) is 0 Å². The first-order valence-corrected chi connectivity index (χ1v) is 7.91. The first-order valence-electron chi connectivity index (χ1n) is 7.91. The molecule has 0 bridgehead atoms. The molecule has 0 saturated heterocycles. The smallest absolute Gasteiger partial charge is 0.188 e. The summed E-state index contributed by atoms with van der Waals surface area (Å²) >= 11 is 0. The molecular formula is C17H29N3O. The molecule has 0 spiro atoms. The molecule has 0 amide bonds. The van der Waals surface area contributed by atoms with E-state index in [1.165, 1.54) is 19.3 Å². The van der Waals surface area contributed by atoms with Gasteiger partial charge in [-0.05, 0) is 38.0 Å². The summed E-state index contributed by atoms with van der Waals surface area (Å²) < 4.78 is 5.61. The maximum absolute atomic E-state index is 5.85. The Hall–Kier alpha value is -1.71. The van der Waals surface area contributed by atoms with Gasteiger partial charge in [-0.15, -0.1) is 0 Å². The minimum atomic E-state index is 0.196. The molecule has 21 heavy (non-hydrogen) atoms. The molecule has 0 heterocycles. The lowest BCUT2D eigenvalue weighted by Gasteiger charge is -2.09. The van der Waals surface area contributed by atoms with Crippen LogP contribution in [-0.2, 0) is 6.54 Å². The van der Waals surface area contributed by atoms with E-state index in [0.717, 1.165) is 24.3 Å². The summed E-state index contributed by atoms with van der Waals surface area (Å²) in [5, 5.41) is 3.15. The highest BCUT2D eigenvalue weighted by Gasteiger charge is 1.98. The Labute approximate surface area is 128 Å². The third kappa shape index (κ3) is 8.23. The number of hydrogen-bond donors (Lipinski definition) is 2. The third-order valence-corrected chi connectivity index (χ3v) is 3.06. The van der Waals surface area contributed by atoms with Crippen LogP contribution in [0.3, 0.4) is 0 Å². The Balaban J connectivity index is 2.30. The fraction of sp³-hybridized carbons (Fsp3) is 0.588. The van der Waals surface area contributed by atoms with Crippen molar-refractivity contribution in [3.8, 4) is 5.75 Å². The van der Waals surface area contributed by atoms with Gasteiger partial charge in [0.1, 0.15) is 5.75 Å². The number of guanidine groups is 1. The minimum absolute atomic E-state index is 0.196. The van der Waals surface area contributed by atoms with Gasteiger partial charge in [0.15, 0.2) is 5.96 Å². The summed E-state index contributed by atoms with van der Waals surface area (Å²) in [6.07, 6.45) is 5.12. The fourth-order valence-electron chi connectivity index (χ4n) is 1.95. The topological polar surface area (TPSA) is 59.6 Å². The molecule has 0 aliphatic rings. The van der Waals surface area contributed by atoms with E-state index < -0.39 is 0 Å². The zero-order valence-corrected chi connectivity index (χ0v) is 13.6. The van der Waals surface area contributed by atoms with Gasteiger partial charge in [-0.25, -0.2) is 4.99 Å². The van der Waals surface area contributed by atoms with Gasteiger partial charge in [0.2, 0.25) is 0 Å². The second-order valence-electron chi connectivity index (χ2n) is 5.50. The van der Waals surface area contributed by atoms with Crippen LogP contribution in [0.1, 0.15) is 52.0 Å². The quantitative estimate of drug-likeness (QED) is 0.416. The van der Waals surface area contributed by atoms with Gasteiger partial charge in [-0.2, -0.15) is 0 Å². The number of ether oxygens (including phenoxy) is 1. The zero-order valence-electron chi connectivity index (χ0n) is 13.6. The van der Waals surface area contributed by atoms with Crippen molar-refractivity contribution in [3.05, 3.63) is 29.8 Å². The Morgan fingerprint density at radius 2 is 1.90 bits per heavy atom. The van der Waals surface area contributed by atoms with E-state index in [4.69, 9.17) is 10.5 Å². The number of hydrogen-bond acceptors (Lipinski definition) is 2. The van der Waals surface area contributed by atoms with Crippen LogP contribution in [0.15, 0.2) is 29.3 Å². The monoisotopic (exact) mass is 291 g/mol. The largest absolute Gasteiger partial charge is 0.491 e. The molecular weight excluding hydrogens is 262 g/mol. The highest BCUT2D eigenvalue weighted by molar-refractivity contribution is 5.77. The molecule has 0 saturated carbocycles. The van der Waals surface area contributed by atoms with Crippen LogP contribution >= 0.6 is 0 Å². The van der Waals surface area contributed by atoms with Gasteiger partial charge in [0.05, 0.1) is 12.6 Å². The van der Waals surface area contributed by atoms with Gasteiger partial charge in [0.25, 0.3) is 0 Å². The second-order valence-corrected chi connectivity index (χ2v) is 5.50. The maximum Gasteiger partial charge on any atom is 0.188 e. The fourth-order valence-corrected chi connectivity index (χ4v) is 1.95. The molecule has 0 unspecified atom stereocenters. The van der Waals surface area contributed by atoms with E-state index in [2.05, 4.69) is 17.2 Å². The van der Waals surface area contributed by atoms with Crippen LogP contribution in [-0.4, -0.2) is 18.6 Å². The van der Waals surface area contributed by atoms with Gasteiger partial charge >= 0.3 is 0 Å². The number of aliphatic imine (C=N–C) groups is 1. The standard InChI is InChI=1S/C17H29N3O/c1-4-5-6-7-12-19-17(18)20-13-15-8-10-16(11-9-15)21-14(2)3/h8-11,14H,4-7,12-13H2,1-3H3,(H3,18,19,20). The molecule has 1 aromatic carbocycles. The Morgan fingerprint density at radius 1 is 1.19 bits per heavy atom. The second kappa shape index (κ2) is 10.1. The van der Waals surface area contributed by atoms with Crippen molar-refractivity contribution in [3.63, 3.8) is 0 Å². The normalized spacial score (nSPS) is 11.7. The van der Waals surface area contributed by atoms with Crippen LogP contribution in [0.25, 0.3) is 0 Å². The molecule has 118 valence electrons. The summed E-state index contributed by atoms with van der Waals surface area (Å²) in [6.45, 7) is 7.74. The molecule has 0 aliphatic carbocycles. The Morgan fingerprint density at radius 3 is 2.52 bits per heavy atom. The average molecular weight is 291 g/mol. The van der Waals surface area contributed by atoms with E-state index >= 15 is 0 Å². The molecule has 4 nitrogen and oxygen atoms in total. The van der Waals surface area contributed by atoms with Crippen molar-refractivity contribution in [2.45, 2.75) is 59.1 Å². The predicted molar refractivity (Wildman–Crippen MR) is 89.7 cm³/mol. The van der Waals surface area contributed by atoms with Crippen LogP contribution < -0.4 is 15.8 Å². The number of rotatable bonds is 9. The molecule has 1 aromatic rings. The van der Waals surface area contributed by atoms with Gasteiger partial charge in [0, 0.05) is 6.54 Å². The molecule has 0 atom stereocenters. The summed E-state index contributed by atoms with van der Waals surface area (Å²) in [5.74, 6) is 1.41. The zero-order chi connectivity index (χ0) is 15.5. The minimum Gasteiger partial charge on any atom is -0.491 e. The van der Waals surface area contributed by atoms with Crippen LogP contribution in [0.5, 0.6) is 5.75 Å². The van der Waals surface area contributed by atoms with E-state index in [9.17, 15) is 0 Å². The van der Waals surface area contributed by atoms with Crippen LogP contribution in [0.2, 0.25) is 0 Å². The van der Waals surface area contributed by atoms with Crippen molar-refractivity contribution < 1.29 is 4.74 Å². The summed E-state index contributed by atoms with van der Waals surface area (Å²) in [6, 6.07) is 7.99. The number of unbranched alkanes of at least 4 members (excludes halogenated alkanes) is 3. The SMILES string of the molecule is CCCCCCNC(N)=NCc1ccc(OC(C)C)cc1. The first-order chi connectivity index (χ1) is 10.1. The van der Waals surface area contributed by atoms with Gasteiger partial charge < -0.3 is 15.8 Å². The Kier molecular flexibility index (Phi) is 8.32. The van der Waals surface area contributed by atoms with E-state index in [-0.39, 0.29) is 6.10 Å². The highest BCUT2D eigenvalue weighted by atomic mass is 16.5. The lowest BCUT2D eigenvalue weighted by Crippen LogP contribution is -2.32. The predicted octanol–water partition coefficient (Wildman–Crippen LogP) is 3.46. The van der Waals surface area contributed by atoms with Crippen LogP contribution in [0, 0.1) is 0 Å². The maximum atomic E-state index is 5.85. The van der Waals surface area contributed by atoms with Crippen molar-refractivity contribution in [2.75, 3.05) is 6.54 Å². The van der Waals surface area contributed by atoms with E-state index in [0.29, 0.717) is 12.5 Å². The number of nitrogens with one attached hydrogen (secondary N) is 1. The summed E-state index contributed by atoms with van der Waals surface area (Å²) in [5.41, 5.74) is 6.97. The van der Waals surface area contributed by atoms with Crippen molar-refractivity contribution in [1.82, 2.24) is 5.32 Å². The molecule has 0 fully saturated rings. The van der Waals surface area contributed by atoms with E-state index in [1.807, 2.05) is 38.1 Å².